The van der Waals surface area contributed by atoms with E-state index in [0.29, 0.717) is 11.7 Å². The first-order valence-corrected chi connectivity index (χ1v) is 11.9. The van der Waals surface area contributed by atoms with E-state index in [2.05, 4.69) is 44.4 Å². The average molecular weight is 469 g/mol. The molecule has 0 aromatic carbocycles. The van der Waals surface area contributed by atoms with Gasteiger partial charge >= 0.3 is 0 Å². The molecule has 0 saturated carbocycles. The van der Waals surface area contributed by atoms with Crippen LogP contribution in [0, 0.1) is 26.2 Å². The molecule has 1 saturated heterocycles. The average Bonchev–Trinajstić information content (AvgIpc) is 3.24. The number of hydrogen-bond donors (Lipinski definition) is 2. The number of anilines is 1. The lowest BCUT2D eigenvalue weighted by atomic mass is 9.97. The van der Waals surface area contributed by atoms with E-state index in [1.807, 2.05) is 46.7 Å². The molecule has 0 radical (unpaired) electrons. The number of nitrogen functional groups attached to an aromatic ring is 1. The van der Waals surface area contributed by atoms with Crippen LogP contribution in [0.25, 0.3) is 11.6 Å². The molecule has 1 unspecified atom stereocenters. The molecule has 0 bridgehead atoms. The summed E-state index contributed by atoms with van der Waals surface area (Å²) >= 11 is 0. The Hall–Kier alpha value is -3.96. The summed E-state index contributed by atoms with van der Waals surface area (Å²) in [6.45, 7) is 7.02. The number of nitrogens with two attached hydrogens (primary N) is 1. The van der Waals surface area contributed by atoms with Gasteiger partial charge < -0.3 is 11.1 Å². The summed E-state index contributed by atoms with van der Waals surface area (Å²) in [5, 5.41) is 12.3. The zero-order chi connectivity index (χ0) is 24.6. The highest BCUT2D eigenvalue weighted by Gasteiger charge is 2.20. The normalized spacial score (nSPS) is 16.0. The maximum absolute atomic E-state index is 5.95. The molecule has 8 nitrogen and oxygen atoms in total. The van der Waals surface area contributed by atoms with E-state index < -0.39 is 0 Å². The van der Waals surface area contributed by atoms with Crippen LogP contribution in [0.4, 0.5) is 5.82 Å². The van der Waals surface area contributed by atoms with Gasteiger partial charge in [0.1, 0.15) is 11.8 Å². The van der Waals surface area contributed by atoms with Crippen molar-refractivity contribution in [3.8, 4) is 12.3 Å². The predicted molar refractivity (Wildman–Crippen MR) is 140 cm³/mol. The number of terminal acetylenes is 1. The zero-order valence-electron chi connectivity index (χ0n) is 20.4. The minimum Gasteiger partial charge on any atom is -0.382 e. The molecule has 3 N–H and O–H groups in total. The van der Waals surface area contributed by atoms with Crippen LogP contribution in [0.5, 0.6) is 0 Å². The number of nitrogens with one attached hydrogen (secondary N) is 1. The first kappa shape index (κ1) is 24.2. The number of nitrogens with zero attached hydrogens (tertiary/aromatic N) is 6. The van der Waals surface area contributed by atoms with Gasteiger partial charge in [0.25, 0.3) is 0 Å². The minimum atomic E-state index is 0.565. The van der Waals surface area contributed by atoms with E-state index in [1.165, 1.54) is 24.1 Å². The summed E-state index contributed by atoms with van der Waals surface area (Å²) < 4.78 is 3.87. The summed E-state index contributed by atoms with van der Waals surface area (Å²) in [5.41, 5.74) is 12.5. The van der Waals surface area contributed by atoms with Gasteiger partial charge in [0, 0.05) is 30.2 Å². The molecule has 5 rings (SSSR count). The Bertz CT molecular complexity index is 1320. The van der Waals surface area contributed by atoms with Gasteiger partial charge in [-0.2, -0.15) is 10.2 Å². The summed E-state index contributed by atoms with van der Waals surface area (Å²) in [5.74, 6) is 3.60. The van der Waals surface area contributed by atoms with Crippen molar-refractivity contribution in [2.24, 2.45) is 0 Å². The van der Waals surface area contributed by atoms with Gasteiger partial charge in [-0.25, -0.2) is 9.50 Å². The predicted octanol–water partition coefficient (Wildman–Crippen LogP) is 3.76. The fourth-order valence-corrected chi connectivity index (χ4v) is 4.48. The van der Waals surface area contributed by atoms with Crippen molar-refractivity contribution in [1.29, 1.82) is 0 Å². The Balaban J connectivity index is 0.000000165. The molecule has 0 spiro atoms. The molecule has 4 aromatic heterocycles. The lowest BCUT2D eigenvalue weighted by Crippen LogP contribution is -2.14. The smallest absolute Gasteiger partial charge is 0.151 e. The molecule has 35 heavy (non-hydrogen) atoms. The molecular formula is C27H32N8. The SMILES string of the molecule is C#C/C=C\c1nn(Cc2cccnc2)cc1C.Cc1cc(C2CCCNCC2)n2ncnc(N)c12. The van der Waals surface area contributed by atoms with Gasteiger partial charge in [0.2, 0.25) is 0 Å². The van der Waals surface area contributed by atoms with Crippen LogP contribution in [0.2, 0.25) is 0 Å². The highest BCUT2D eigenvalue weighted by Crippen LogP contribution is 2.30. The van der Waals surface area contributed by atoms with Crippen molar-refractivity contribution in [2.75, 3.05) is 18.8 Å². The zero-order valence-corrected chi connectivity index (χ0v) is 20.4. The van der Waals surface area contributed by atoms with Crippen molar-refractivity contribution in [3.05, 3.63) is 77.3 Å². The van der Waals surface area contributed by atoms with Gasteiger partial charge in [-0.05, 0) is 87.2 Å². The van der Waals surface area contributed by atoms with E-state index in [1.54, 1.807) is 18.6 Å². The topological polar surface area (TPSA) is 99.0 Å². The maximum atomic E-state index is 5.95. The lowest BCUT2D eigenvalue weighted by molar-refractivity contribution is 0.578. The van der Waals surface area contributed by atoms with Crippen molar-refractivity contribution < 1.29 is 0 Å². The van der Waals surface area contributed by atoms with Crippen LogP contribution in [0.15, 0.2) is 49.2 Å². The van der Waals surface area contributed by atoms with Crippen LogP contribution < -0.4 is 11.1 Å². The lowest BCUT2D eigenvalue weighted by Gasteiger charge is -2.13. The monoisotopic (exact) mass is 468 g/mol. The second-order valence-electron chi connectivity index (χ2n) is 8.79. The van der Waals surface area contributed by atoms with E-state index in [0.717, 1.165) is 48.4 Å². The second-order valence-corrected chi connectivity index (χ2v) is 8.79. The number of aryl methyl sites for hydroxylation is 2. The minimum absolute atomic E-state index is 0.565. The third kappa shape index (κ3) is 5.94. The number of allylic oxidation sites excluding steroid dienone is 1. The molecule has 180 valence electrons. The Morgan fingerprint density at radius 1 is 1.26 bits per heavy atom. The fourth-order valence-electron chi connectivity index (χ4n) is 4.48. The summed E-state index contributed by atoms with van der Waals surface area (Å²) in [7, 11) is 0. The molecule has 0 aliphatic carbocycles. The van der Waals surface area contributed by atoms with Crippen LogP contribution in [-0.2, 0) is 6.54 Å². The standard InChI is InChI=1S/C14H13N3.C13H19N5/c1-3-4-7-14-12(2)10-17(16-14)11-13-6-5-8-15-9-13;1-9-7-11(10-3-2-5-15-6-4-10)18-12(9)13(14)16-8-17-18/h1,4-10H,11H2,2H3;7-8,10,15H,2-6H2,1H3,(H2,14,16,17)/b7-4-;. The van der Waals surface area contributed by atoms with Gasteiger partial charge in [-0.15, -0.1) is 6.42 Å². The Kier molecular flexibility index (Phi) is 7.91. The molecule has 1 aliphatic rings. The van der Waals surface area contributed by atoms with E-state index in [9.17, 15) is 0 Å². The highest BCUT2D eigenvalue weighted by atomic mass is 15.3. The second kappa shape index (κ2) is 11.4. The molecular weight excluding hydrogens is 436 g/mol. The molecule has 0 amide bonds. The Morgan fingerprint density at radius 2 is 2.14 bits per heavy atom. The first-order chi connectivity index (χ1) is 17.1. The van der Waals surface area contributed by atoms with Crippen LogP contribution in [-0.4, -0.2) is 42.5 Å². The van der Waals surface area contributed by atoms with Gasteiger partial charge in [-0.1, -0.05) is 12.0 Å². The number of fused-ring (bicyclic) bond motifs is 1. The van der Waals surface area contributed by atoms with E-state index in [-0.39, 0.29) is 0 Å². The van der Waals surface area contributed by atoms with E-state index in [4.69, 9.17) is 12.2 Å². The number of rotatable bonds is 4. The first-order valence-electron chi connectivity index (χ1n) is 11.9. The van der Waals surface area contributed by atoms with Crippen molar-refractivity contribution >= 4 is 17.4 Å². The molecule has 5 heterocycles. The van der Waals surface area contributed by atoms with Gasteiger partial charge in [0.05, 0.1) is 12.2 Å². The quantitative estimate of drug-likeness (QED) is 0.443. The van der Waals surface area contributed by atoms with Gasteiger partial charge in [-0.3, -0.25) is 9.67 Å². The largest absolute Gasteiger partial charge is 0.382 e. The molecule has 4 aromatic rings. The Labute approximate surface area is 206 Å². The number of pyridine rings is 1. The van der Waals surface area contributed by atoms with Crippen LogP contribution in [0.3, 0.4) is 0 Å². The van der Waals surface area contributed by atoms with Crippen LogP contribution in [0.1, 0.15) is 53.3 Å². The third-order valence-corrected chi connectivity index (χ3v) is 6.18. The molecule has 1 fully saturated rings. The van der Waals surface area contributed by atoms with Crippen LogP contribution >= 0.6 is 0 Å². The number of hydrogen-bond acceptors (Lipinski definition) is 6. The third-order valence-electron chi connectivity index (χ3n) is 6.18. The maximum Gasteiger partial charge on any atom is 0.151 e. The fraction of sp³-hybridized carbons (Fsp3) is 0.333. The van der Waals surface area contributed by atoms with E-state index >= 15 is 0 Å². The molecule has 8 heteroatoms. The highest BCUT2D eigenvalue weighted by molar-refractivity contribution is 5.70. The van der Waals surface area contributed by atoms with Crippen molar-refractivity contribution in [1.82, 2.24) is 34.7 Å². The summed E-state index contributed by atoms with van der Waals surface area (Å²) in [4.78, 5) is 8.16. The molecule has 1 atom stereocenters. The Morgan fingerprint density at radius 3 is 2.94 bits per heavy atom. The summed E-state index contributed by atoms with van der Waals surface area (Å²) in [6, 6.07) is 6.17. The van der Waals surface area contributed by atoms with Gasteiger partial charge in [0.15, 0.2) is 5.82 Å². The van der Waals surface area contributed by atoms with Crippen molar-refractivity contribution in [2.45, 2.75) is 45.6 Å². The summed E-state index contributed by atoms with van der Waals surface area (Å²) in [6.07, 6.45) is 19.4. The van der Waals surface area contributed by atoms with Crippen molar-refractivity contribution in [3.63, 3.8) is 0 Å². The number of aromatic nitrogens is 6. The molecule has 1 aliphatic heterocycles.